The van der Waals surface area contributed by atoms with Crippen molar-refractivity contribution in [3.05, 3.63) is 46.6 Å². The minimum atomic E-state index is -3.69. The molecule has 0 fully saturated rings. The number of cyclic esters (lactones) is 1. The second-order valence-electron chi connectivity index (χ2n) is 11.0. The minimum Gasteiger partial charge on any atom is -0.496 e. The van der Waals surface area contributed by atoms with Crippen LogP contribution in [0.2, 0.25) is 25.7 Å². The predicted octanol–water partition coefficient (Wildman–Crippen LogP) is 5.75. The molecule has 0 aromatic heterocycles. The number of hydrogen-bond donors (Lipinski definition) is 2. The molecule has 0 spiro atoms. The fraction of sp³-hybridized carbons (Fsp3) is 0.556. The average Bonchev–Trinajstić information content (AvgIpc) is 3.22. The molecule has 1 aliphatic rings. The molecule has 212 valence electrons. The summed E-state index contributed by atoms with van der Waals surface area (Å²) in [7, 11) is -2.33. The molecule has 1 aromatic rings. The Kier molecular flexibility index (Phi) is 11.0. The number of carbonyl (C=O) groups excluding carboxylic acids is 1. The van der Waals surface area contributed by atoms with Gasteiger partial charge in [-0.15, -0.1) is 0 Å². The van der Waals surface area contributed by atoms with Gasteiger partial charge in [0.15, 0.2) is 0 Å². The van der Waals surface area contributed by atoms with Gasteiger partial charge < -0.3 is 28.7 Å². The van der Waals surface area contributed by atoms with Crippen LogP contribution < -0.4 is 9.47 Å². The normalized spacial score (nSPS) is 16.8. The van der Waals surface area contributed by atoms with Crippen molar-refractivity contribution in [3.8, 4) is 11.5 Å². The van der Waals surface area contributed by atoms with Crippen LogP contribution in [0.1, 0.15) is 46.8 Å². The van der Waals surface area contributed by atoms with Gasteiger partial charge in [0, 0.05) is 26.3 Å². The average molecular weight is 569 g/mol. The van der Waals surface area contributed by atoms with Gasteiger partial charge in [-0.25, -0.2) is 4.79 Å². The number of aliphatic carboxylic acids is 1. The summed E-state index contributed by atoms with van der Waals surface area (Å²) in [4.78, 5) is 34.1. The number of fused-ring (bicyclic) bond motifs is 1. The Morgan fingerprint density at radius 3 is 2.32 bits per heavy atom. The van der Waals surface area contributed by atoms with E-state index in [2.05, 4.69) is 24.2 Å². The fourth-order valence-electron chi connectivity index (χ4n) is 4.06. The Balaban J connectivity index is 2.29. The van der Waals surface area contributed by atoms with E-state index in [1.807, 2.05) is 13.0 Å². The van der Waals surface area contributed by atoms with Gasteiger partial charge >= 0.3 is 19.5 Å². The highest BCUT2D eigenvalue weighted by atomic mass is 31.2. The minimum absolute atomic E-state index is 0.175. The topological polar surface area (TPSA) is 129 Å². The van der Waals surface area contributed by atoms with E-state index in [4.69, 9.17) is 14.2 Å². The standard InChI is InChI=1S/C27H41O9PSi/c1-19-21-18-36-25(28)22(21)24(35-15-17-38(5,6)7)20(23(19)33-3)12-8-9-13-27(2,26(29)30)14-10-11-16-37(31,32)34-4/h8-11H,12-18H2,1-7H3,(H,29,30)(H,31,32). The third-order valence-corrected chi connectivity index (χ3v) is 9.60. The highest BCUT2D eigenvalue weighted by Gasteiger charge is 2.34. The molecule has 0 saturated heterocycles. The van der Waals surface area contributed by atoms with Crippen molar-refractivity contribution < 1.29 is 42.9 Å². The predicted molar refractivity (Wildman–Crippen MR) is 149 cm³/mol. The van der Waals surface area contributed by atoms with Gasteiger partial charge in [-0.3, -0.25) is 9.36 Å². The van der Waals surface area contributed by atoms with Crippen molar-refractivity contribution in [2.24, 2.45) is 5.41 Å². The number of rotatable bonds is 15. The first-order valence-electron chi connectivity index (χ1n) is 12.6. The Bertz CT molecular complexity index is 1140. The van der Waals surface area contributed by atoms with Crippen LogP contribution in [0.5, 0.6) is 11.5 Å². The molecule has 2 rings (SSSR count). The number of carboxylic acid groups (broad SMARTS) is 1. The number of ether oxygens (including phenoxy) is 3. The van der Waals surface area contributed by atoms with Crippen LogP contribution in [0.15, 0.2) is 24.3 Å². The summed E-state index contributed by atoms with van der Waals surface area (Å²) in [5.41, 5.74) is 1.66. The first-order valence-corrected chi connectivity index (χ1v) is 18.1. The quantitative estimate of drug-likeness (QED) is 0.118. The van der Waals surface area contributed by atoms with E-state index < -0.39 is 33.0 Å². The molecule has 2 N–H and O–H groups in total. The number of esters is 1. The zero-order chi connectivity index (χ0) is 28.7. The SMILES string of the molecule is COc1c(C)c2c(c(OCC[Si](C)(C)C)c1CC=CCC(C)(CC=CCP(=O)(O)OC)C(=O)O)C(=O)OC2. The number of carbonyl (C=O) groups is 2. The van der Waals surface area contributed by atoms with Crippen molar-refractivity contribution in [3.63, 3.8) is 0 Å². The van der Waals surface area contributed by atoms with Crippen LogP contribution in [0, 0.1) is 12.3 Å². The number of methoxy groups -OCH3 is 1. The maximum absolute atomic E-state index is 12.6. The van der Waals surface area contributed by atoms with Crippen molar-refractivity contribution in [1.82, 2.24) is 0 Å². The van der Waals surface area contributed by atoms with E-state index in [0.29, 0.717) is 30.1 Å². The molecule has 1 aromatic carbocycles. The maximum atomic E-state index is 12.6. The second kappa shape index (κ2) is 13.1. The number of allylic oxidation sites excluding steroid dienone is 4. The molecule has 0 bridgehead atoms. The molecule has 0 amide bonds. The number of carboxylic acids is 1. The van der Waals surface area contributed by atoms with Crippen LogP contribution in [0.4, 0.5) is 0 Å². The van der Waals surface area contributed by atoms with Crippen LogP contribution >= 0.6 is 7.60 Å². The van der Waals surface area contributed by atoms with E-state index in [1.54, 1.807) is 26.2 Å². The molecule has 0 aliphatic carbocycles. The lowest BCUT2D eigenvalue weighted by atomic mass is 9.83. The fourth-order valence-corrected chi connectivity index (χ4v) is 5.34. The maximum Gasteiger partial charge on any atom is 0.342 e. The Morgan fingerprint density at radius 2 is 1.76 bits per heavy atom. The van der Waals surface area contributed by atoms with Gasteiger partial charge in [-0.1, -0.05) is 43.9 Å². The third kappa shape index (κ3) is 8.30. The van der Waals surface area contributed by atoms with Crippen LogP contribution in [-0.4, -0.2) is 57.0 Å². The Labute approximate surface area is 226 Å². The summed E-state index contributed by atoms with van der Waals surface area (Å²) in [5.74, 6) is -0.284. The van der Waals surface area contributed by atoms with Crippen molar-refractivity contribution >= 4 is 27.6 Å². The molecule has 11 heteroatoms. The lowest BCUT2D eigenvalue weighted by Crippen LogP contribution is -2.26. The third-order valence-electron chi connectivity index (χ3n) is 6.65. The zero-order valence-electron chi connectivity index (χ0n) is 23.5. The summed E-state index contributed by atoms with van der Waals surface area (Å²) in [5, 5.41) is 9.83. The Hall–Kier alpha value is -2.39. The van der Waals surface area contributed by atoms with Gasteiger partial charge in [0.1, 0.15) is 23.7 Å². The van der Waals surface area contributed by atoms with E-state index in [0.717, 1.165) is 29.8 Å². The van der Waals surface area contributed by atoms with Crippen LogP contribution in [-0.2, 0) is 31.6 Å². The molecule has 0 radical (unpaired) electrons. The van der Waals surface area contributed by atoms with Crippen LogP contribution in [0.3, 0.4) is 0 Å². The number of hydrogen-bond acceptors (Lipinski definition) is 7. The van der Waals surface area contributed by atoms with Gasteiger partial charge in [0.2, 0.25) is 0 Å². The summed E-state index contributed by atoms with van der Waals surface area (Å²) >= 11 is 0. The highest BCUT2D eigenvalue weighted by Crippen LogP contribution is 2.43. The van der Waals surface area contributed by atoms with Gasteiger partial charge in [-0.05, 0) is 44.7 Å². The van der Waals surface area contributed by atoms with Gasteiger partial charge in [-0.2, -0.15) is 0 Å². The Morgan fingerprint density at radius 1 is 1.13 bits per heavy atom. The lowest BCUT2D eigenvalue weighted by Gasteiger charge is -2.22. The smallest absolute Gasteiger partial charge is 0.342 e. The first-order chi connectivity index (χ1) is 17.7. The molecule has 1 aliphatic heterocycles. The summed E-state index contributed by atoms with van der Waals surface area (Å²) in [6.45, 7) is 10.9. The molecule has 0 saturated carbocycles. The van der Waals surface area contributed by atoms with E-state index in [-0.39, 0.29) is 25.6 Å². The van der Waals surface area contributed by atoms with Gasteiger partial charge in [0.05, 0.1) is 25.3 Å². The molecule has 2 unspecified atom stereocenters. The first kappa shape index (κ1) is 31.8. The van der Waals surface area contributed by atoms with E-state index in [1.165, 1.54) is 6.08 Å². The molecular weight excluding hydrogens is 527 g/mol. The molecule has 2 atom stereocenters. The van der Waals surface area contributed by atoms with Crippen molar-refractivity contribution in [1.29, 1.82) is 0 Å². The monoisotopic (exact) mass is 568 g/mol. The molecule has 1 heterocycles. The molecule has 38 heavy (non-hydrogen) atoms. The highest BCUT2D eigenvalue weighted by molar-refractivity contribution is 7.53. The van der Waals surface area contributed by atoms with E-state index in [9.17, 15) is 24.2 Å². The summed E-state index contributed by atoms with van der Waals surface area (Å²) in [6, 6.07) is 0.920. The van der Waals surface area contributed by atoms with Crippen molar-refractivity contribution in [2.45, 2.75) is 65.4 Å². The number of benzene rings is 1. The second-order valence-corrected chi connectivity index (χ2v) is 18.6. The van der Waals surface area contributed by atoms with Crippen LogP contribution in [0.25, 0.3) is 0 Å². The van der Waals surface area contributed by atoms with E-state index >= 15 is 0 Å². The molecule has 9 nitrogen and oxygen atoms in total. The zero-order valence-corrected chi connectivity index (χ0v) is 25.4. The largest absolute Gasteiger partial charge is 0.496 e. The lowest BCUT2D eigenvalue weighted by molar-refractivity contribution is -0.147. The summed E-state index contributed by atoms with van der Waals surface area (Å²) < 4.78 is 33.4. The van der Waals surface area contributed by atoms with Gasteiger partial charge in [0.25, 0.3) is 0 Å². The molecular formula is C27H41O9PSi. The summed E-state index contributed by atoms with van der Waals surface area (Å²) in [6.07, 6.45) is 7.30. The van der Waals surface area contributed by atoms with Crippen molar-refractivity contribution in [2.75, 3.05) is 27.0 Å².